The lowest BCUT2D eigenvalue weighted by atomic mass is 10.2. The van der Waals surface area contributed by atoms with Gasteiger partial charge >= 0.3 is 12.1 Å². The zero-order valence-corrected chi connectivity index (χ0v) is 14.1. The quantitative estimate of drug-likeness (QED) is 0.621. The highest BCUT2D eigenvalue weighted by atomic mass is 35.5. The normalized spacial score (nSPS) is 13.3. The Labute approximate surface area is 144 Å². The predicted octanol–water partition coefficient (Wildman–Crippen LogP) is 1.61. The van der Waals surface area contributed by atoms with Crippen molar-refractivity contribution in [2.24, 2.45) is 0 Å². The van der Waals surface area contributed by atoms with E-state index in [-0.39, 0.29) is 12.6 Å². The number of amides is 5. The first-order valence-corrected chi connectivity index (χ1v) is 7.98. The summed E-state index contributed by atoms with van der Waals surface area (Å²) in [6.45, 7) is 2.99. The minimum atomic E-state index is -0.598. The van der Waals surface area contributed by atoms with E-state index in [2.05, 4.69) is 21.5 Å². The molecular weight excluding hydrogens is 334 g/mol. The van der Waals surface area contributed by atoms with Gasteiger partial charge in [0, 0.05) is 23.8 Å². The number of carbonyl (C=O) groups excluding carboxylic acids is 3. The molecule has 0 saturated carbocycles. The van der Waals surface area contributed by atoms with Crippen LogP contribution in [0.15, 0.2) is 18.2 Å². The molecule has 0 atom stereocenters. The van der Waals surface area contributed by atoms with Crippen LogP contribution in [0.4, 0.5) is 15.3 Å². The van der Waals surface area contributed by atoms with Crippen molar-refractivity contribution in [2.45, 2.75) is 19.8 Å². The first kappa shape index (κ1) is 17.9. The fourth-order valence-electron chi connectivity index (χ4n) is 2.28. The van der Waals surface area contributed by atoms with Crippen LogP contribution in [0.5, 0.6) is 0 Å². The number of hydrazine groups is 1. The molecule has 0 aliphatic carbocycles. The van der Waals surface area contributed by atoms with Gasteiger partial charge in [0.2, 0.25) is 0 Å². The van der Waals surface area contributed by atoms with Gasteiger partial charge in [0.15, 0.2) is 0 Å². The highest BCUT2D eigenvalue weighted by molar-refractivity contribution is 6.30. The van der Waals surface area contributed by atoms with Gasteiger partial charge in [-0.2, -0.15) is 0 Å². The van der Waals surface area contributed by atoms with Crippen LogP contribution in [-0.2, 0) is 4.79 Å². The van der Waals surface area contributed by atoms with Crippen molar-refractivity contribution < 1.29 is 14.4 Å². The molecule has 1 heterocycles. The molecule has 5 amide bonds. The largest absolute Gasteiger partial charge is 0.337 e. The summed E-state index contributed by atoms with van der Waals surface area (Å²) in [6, 6.07) is 4.15. The van der Waals surface area contributed by atoms with E-state index in [1.807, 2.05) is 0 Å². The Hall–Kier alpha value is -2.48. The number of hydrogen-bond acceptors (Lipinski definition) is 3. The second kappa shape index (κ2) is 8.39. The van der Waals surface area contributed by atoms with Crippen LogP contribution in [0.25, 0.3) is 0 Å². The lowest BCUT2D eigenvalue weighted by Gasteiger charge is -2.16. The van der Waals surface area contributed by atoms with E-state index in [0.29, 0.717) is 23.8 Å². The Balaban J connectivity index is 1.69. The first-order valence-electron chi connectivity index (χ1n) is 7.60. The maximum Gasteiger partial charge on any atom is 0.337 e. The van der Waals surface area contributed by atoms with Crippen molar-refractivity contribution >= 4 is 35.3 Å². The molecule has 9 heteroatoms. The Morgan fingerprint density at radius 3 is 2.54 bits per heavy atom. The minimum absolute atomic E-state index is 0.213. The van der Waals surface area contributed by atoms with Crippen LogP contribution < -0.4 is 21.5 Å². The zero-order chi connectivity index (χ0) is 17.5. The molecule has 1 aromatic rings. The second-order valence-corrected chi connectivity index (χ2v) is 5.88. The van der Waals surface area contributed by atoms with Crippen molar-refractivity contribution in [1.29, 1.82) is 0 Å². The number of aryl methyl sites for hydroxylation is 1. The zero-order valence-electron chi connectivity index (χ0n) is 13.3. The molecule has 0 unspecified atom stereocenters. The summed E-state index contributed by atoms with van der Waals surface area (Å²) in [5.74, 6) is -0.523. The van der Waals surface area contributed by atoms with Crippen LogP contribution in [0.2, 0.25) is 5.02 Å². The summed E-state index contributed by atoms with van der Waals surface area (Å²) in [5.41, 5.74) is 5.81. The molecule has 1 saturated heterocycles. The number of benzene rings is 1. The average Bonchev–Trinajstić information content (AvgIpc) is 3.08. The van der Waals surface area contributed by atoms with Gasteiger partial charge in [-0.15, -0.1) is 0 Å². The van der Waals surface area contributed by atoms with Crippen molar-refractivity contribution in [3.63, 3.8) is 0 Å². The van der Waals surface area contributed by atoms with Crippen molar-refractivity contribution in [3.8, 4) is 0 Å². The summed E-state index contributed by atoms with van der Waals surface area (Å²) in [7, 11) is 0. The number of anilines is 1. The molecule has 0 aromatic heterocycles. The maximum absolute atomic E-state index is 11.7. The number of halogens is 1. The molecule has 0 bridgehead atoms. The van der Waals surface area contributed by atoms with Crippen LogP contribution in [0, 0.1) is 6.92 Å². The van der Waals surface area contributed by atoms with Crippen LogP contribution in [0.1, 0.15) is 18.4 Å². The third-order valence-electron chi connectivity index (χ3n) is 3.55. The SMILES string of the molecule is Cc1cc(Cl)ccc1NC(=O)NNC(=O)CNC(=O)N1CCCC1. The lowest BCUT2D eigenvalue weighted by molar-refractivity contribution is -0.120. The summed E-state index contributed by atoms with van der Waals surface area (Å²) < 4.78 is 0. The third-order valence-corrected chi connectivity index (χ3v) is 3.78. The number of urea groups is 2. The molecule has 1 fully saturated rings. The van der Waals surface area contributed by atoms with E-state index in [0.717, 1.165) is 18.4 Å². The fraction of sp³-hybridized carbons (Fsp3) is 0.400. The summed E-state index contributed by atoms with van der Waals surface area (Å²) in [5, 5.41) is 5.66. The summed E-state index contributed by atoms with van der Waals surface area (Å²) in [6.07, 6.45) is 1.96. The Kier molecular flexibility index (Phi) is 6.25. The summed E-state index contributed by atoms with van der Waals surface area (Å²) in [4.78, 5) is 36.7. The third kappa shape index (κ3) is 5.31. The first-order chi connectivity index (χ1) is 11.5. The minimum Gasteiger partial charge on any atom is -0.329 e. The topological polar surface area (TPSA) is 103 Å². The van der Waals surface area contributed by atoms with E-state index >= 15 is 0 Å². The monoisotopic (exact) mass is 353 g/mol. The predicted molar refractivity (Wildman–Crippen MR) is 90.7 cm³/mol. The number of likely N-dealkylation sites (tertiary alicyclic amines) is 1. The number of hydrogen-bond donors (Lipinski definition) is 4. The van der Waals surface area contributed by atoms with Crippen LogP contribution in [0.3, 0.4) is 0 Å². The molecule has 130 valence electrons. The Morgan fingerprint density at radius 1 is 1.17 bits per heavy atom. The van der Waals surface area contributed by atoms with Gasteiger partial charge in [0.25, 0.3) is 5.91 Å². The van der Waals surface area contributed by atoms with Gasteiger partial charge < -0.3 is 15.5 Å². The highest BCUT2D eigenvalue weighted by Crippen LogP contribution is 2.19. The van der Waals surface area contributed by atoms with Gasteiger partial charge in [-0.05, 0) is 43.5 Å². The summed E-state index contributed by atoms with van der Waals surface area (Å²) >= 11 is 5.84. The van der Waals surface area contributed by atoms with E-state index in [1.165, 1.54) is 0 Å². The van der Waals surface area contributed by atoms with E-state index in [9.17, 15) is 14.4 Å². The number of nitrogens with one attached hydrogen (secondary N) is 4. The lowest BCUT2D eigenvalue weighted by Crippen LogP contribution is -2.49. The smallest absolute Gasteiger partial charge is 0.329 e. The van der Waals surface area contributed by atoms with Gasteiger partial charge in [-0.3, -0.25) is 10.2 Å². The molecule has 0 radical (unpaired) electrons. The number of rotatable bonds is 3. The molecule has 8 nitrogen and oxygen atoms in total. The number of carbonyl (C=O) groups is 3. The fourth-order valence-corrected chi connectivity index (χ4v) is 2.51. The molecule has 0 spiro atoms. The molecule has 1 aromatic carbocycles. The van der Waals surface area contributed by atoms with E-state index in [4.69, 9.17) is 11.6 Å². The van der Waals surface area contributed by atoms with E-state index in [1.54, 1.807) is 30.0 Å². The van der Waals surface area contributed by atoms with Crippen molar-refractivity contribution in [2.75, 3.05) is 25.0 Å². The van der Waals surface area contributed by atoms with Gasteiger partial charge in [-0.25, -0.2) is 15.0 Å². The number of nitrogens with zero attached hydrogens (tertiary/aromatic N) is 1. The molecule has 4 N–H and O–H groups in total. The molecule has 24 heavy (non-hydrogen) atoms. The van der Waals surface area contributed by atoms with Crippen LogP contribution >= 0.6 is 11.6 Å². The van der Waals surface area contributed by atoms with Crippen molar-refractivity contribution in [3.05, 3.63) is 28.8 Å². The molecule has 2 rings (SSSR count). The Morgan fingerprint density at radius 2 is 1.88 bits per heavy atom. The van der Waals surface area contributed by atoms with Gasteiger partial charge in [0.05, 0.1) is 0 Å². The second-order valence-electron chi connectivity index (χ2n) is 5.44. The van der Waals surface area contributed by atoms with Gasteiger partial charge in [0.1, 0.15) is 6.54 Å². The highest BCUT2D eigenvalue weighted by Gasteiger charge is 2.18. The maximum atomic E-state index is 11.7. The Bertz CT molecular complexity index is 632. The standard InChI is InChI=1S/C15H20ClN5O3/c1-10-8-11(16)4-5-12(10)18-14(23)20-19-13(22)9-17-15(24)21-6-2-3-7-21/h4-5,8H,2-3,6-7,9H2,1H3,(H,17,24)(H,19,22)(H2,18,20,23). The van der Waals surface area contributed by atoms with Crippen molar-refractivity contribution in [1.82, 2.24) is 21.1 Å². The molecular formula is C15H20ClN5O3. The molecule has 1 aliphatic rings. The van der Waals surface area contributed by atoms with E-state index < -0.39 is 11.9 Å². The molecule has 1 aliphatic heterocycles. The van der Waals surface area contributed by atoms with Crippen LogP contribution in [-0.4, -0.2) is 42.5 Å². The van der Waals surface area contributed by atoms with Gasteiger partial charge in [-0.1, -0.05) is 11.6 Å². The average molecular weight is 354 g/mol.